The van der Waals surface area contributed by atoms with Crippen LogP contribution in [-0.4, -0.2) is 36.0 Å². The van der Waals surface area contributed by atoms with Crippen molar-refractivity contribution in [2.75, 3.05) is 7.05 Å². The number of hydrogen-bond donors (Lipinski definition) is 4. The van der Waals surface area contributed by atoms with E-state index in [4.69, 9.17) is 5.21 Å². The summed E-state index contributed by atoms with van der Waals surface area (Å²) in [5, 5.41) is 14.2. The molecule has 1 rings (SSSR count). The summed E-state index contributed by atoms with van der Waals surface area (Å²) in [6.45, 7) is 7.61. The maximum Gasteiger partial charge on any atom is 0.244 e. The van der Waals surface area contributed by atoms with E-state index in [1.54, 1.807) is 5.48 Å². The van der Waals surface area contributed by atoms with Gasteiger partial charge in [-0.25, -0.2) is 5.48 Å². The van der Waals surface area contributed by atoms with Gasteiger partial charge in [0.25, 0.3) is 0 Å². The Morgan fingerprint density at radius 1 is 1.07 bits per heavy atom. The molecule has 2 atom stereocenters. The Kier molecular flexibility index (Phi) is 9.12. The summed E-state index contributed by atoms with van der Waals surface area (Å²) in [5.41, 5.74) is 3.44. The number of hydroxylamine groups is 1. The maximum atomic E-state index is 12.8. The minimum Gasteiger partial charge on any atom is -0.357 e. The molecule has 156 valence electrons. The molecule has 7 heteroatoms. The topological polar surface area (TPSA) is 108 Å². The van der Waals surface area contributed by atoms with Gasteiger partial charge in [0.15, 0.2) is 0 Å². The van der Waals surface area contributed by atoms with Crippen LogP contribution >= 0.6 is 0 Å². The Morgan fingerprint density at radius 3 is 2.18 bits per heavy atom. The van der Waals surface area contributed by atoms with E-state index in [1.807, 2.05) is 52.0 Å². The molecule has 0 aromatic heterocycles. The molecule has 28 heavy (non-hydrogen) atoms. The highest BCUT2D eigenvalue weighted by atomic mass is 16.5. The molecule has 3 amide bonds. The van der Waals surface area contributed by atoms with E-state index < -0.39 is 23.3 Å². The predicted molar refractivity (Wildman–Crippen MR) is 108 cm³/mol. The molecule has 0 unspecified atom stereocenters. The Hall–Kier alpha value is -2.41. The smallest absolute Gasteiger partial charge is 0.244 e. The van der Waals surface area contributed by atoms with Crippen molar-refractivity contribution in [3.8, 4) is 0 Å². The fourth-order valence-corrected chi connectivity index (χ4v) is 2.98. The first kappa shape index (κ1) is 23.6. The number of hydrogen-bond acceptors (Lipinski definition) is 4. The SMILES string of the molecule is CNC(=O)[C@@H](NC(=O)[C@H](CCCc1ccc(C)cc1)CC(=O)NO)C(C)(C)C. The second-order valence-electron chi connectivity index (χ2n) is 8.24. The second kappa shape index (κ2) is 10.8. The van der Waals surface area contributed by atoms with Crippen LogP contribution in [0.15, 0.2) is 24.3 Å². The molecule has 4 N–H and O–H groups in total. The average molecular weight is 392 g/mol. The summed E-state index contributed by atoms with van der Waals surface area (Å²) in [4.78, 5) is 36.6. The summed E-state index contributed by atoms with van der Waals surface area (Å²) in [6, 6.07) is 7.45. The lowest BCUT2D eigenvalue weighted by Gasteiger charge is -2.31. The highest BCUT2D eigenvalue weighted by molar-refractivity contribution is 5.90. The number of carbonyl (C=O) groups is 3. The van der Waals surface area contributed by atoms with E-state index in [0.29, 0.717) is 12.8 Å². The molecule has 0 fully saturated rings. The predicted octanol–water partition coefficient (Wildman–Crippen LogP) is 2.11. The molecule has 0 aliphatic carbocycles. The van der Waals surface area contributed by atoms with Crippen molar-refractivity contribution >= 4 is 17.7 Å². The molecule has 0 bridgehead atoms. The molecule has 0 saturated carbocycles. The normalized spacial score (nSPS) is 13.4. The van der Waals surface area contributed by atoms with Gasteiger partial charge >= 0.3 is 0 Å². The molecular weight excluding hydrogens is 358 g/mol. The van der Waals surface area contributed by atoms with Crippen molar-refractivity contribution in [3.05, 3.63) is 35.4 Å². The van der Waals surface area contributed by atoms with Crippen molar-refractivity contribution < 1.29 is 19.6 Å². The first-order chi connectivity index (χ1) is 13.1. The van der Waals surface area contributed by atoms with E-state index in [0.717, 1.165) is 12.0 Å². The number of likely N-dealkylation sites (N-methyl/N-ethyl adjacent to an activating group) is 1. The molecule has 1 aromatic rings. The third kappa shape index (κ3) is 7.68. The van der Waals surface area contributed by atoms with Crippen molar-refractivity contribution in [1.29, 1.82) is 0 Å². The Labute approximate surface area is 167 Å². The molecule has 0 aliphatic heterocycles. The monoisotopic (exact) mass is 391 g/mol. The fraction of sp³-hybridized carbons (Fsp3) is 0.571. The van der Waals surface area contributed by atoms with E-state index in [9.17, 15) is 14.4 Å². The summed E-state index contributed by atoms with van der Waals surface area (Å²) in [5.74, 6) is -1.91. The zero-order valence-corrected chi connectivity index (χ0v) is 17.5. The average Bonchev–Trinajstić information content (AvgIpc) is 2.64. The molecule has 7 nitrogen and oxygen atoms in total. The number of carbonyl (C=O) groups excluding carboxylic acids is 3. The van der Waals surface area contributed by atoms with Gasteiger partial charge in [-0.1, -0.05) is 50.6 Å². The number of benzene rings is 1. The van der Waals surface area contributed by atoms with Gasteiger partial charge in [0.1, 0.15) is 6.04 Å². The minimum absolute atomic E-state index is 0.138. The van der Waals surface area contributed by atoms with E-state index in [1.165, 1.54) is 12.6 Å². The van der Waals surface area contributed by atoms with Crippen LogP contribution in [0, 0.1) is 18.3 Å². The van der Waals surface area contributed by atoms with Crippen LogP contribution in [0.1, 0.15) is 51.2 Å². The molecule has 0 heterocycles. The summed E-state index contributed by atoms with van der Waals surface area (Å²) >= 11 is 0. The minimum atomic E-state index is -0.721. The van der Waals surface area contributed by atoms with Gasteiger partial charge in [-0.3, -0.25) is 19.6 Å². The molecule has 0 spiro atoms. The number of rotatable bonds is 9. The van der Waals surface area contributed by atoms with Crippen LogP contribution in [0.3, 0.4) is 0 Å². The van der Waals surface area contributed by atoms with Crippen molar-refractivity contribution in [1.82, 2.24) is 16.1 Å². The highest BCUT2D eigenvalue weighted by Crippen LogP contribution is 2.21. The number of amides is 3. The lowest BCUT2D eigenvalue weighted by Crippen LogP contribution is -2.54. The number of aryl methyl sites for hydroxylation is 2. The summed E-state index contributed by atoms with van der Waals surface area (Å²) < 4.78 is 0. The van der Waals surface area contributed by atoms with Gasteiger partial charge in [-0.15, -0.1) is 0 Å². The third-order valence-electron chi connectivity index (χ3n) is 4.73. The largest absolute Gasteiger partial charge is 0.357 e. The highest BCUT2D eigenvalue weighted by Gasteiger charge is 2.34. The Bertz CT molecular complexity index is 665. The van der Waals surface area contributed by atoms with Crippen LogP contribution in [0.5, 0.6) is 0 Å². The quantitative estimate of drug-likeness (QED) is 0.382. The first-order valence-electron chi connectivity index (χ1n) is 9.59. The lowest BCUT2D eigenvalue weighted by atomic mass is 9.85. The van der Waals surface area contributed by atoms with Crippen LogP contribution < -0.4 is 16.1 Å². The second-order valence-corrected chi connectivity index (χ2v) is 8.24. The van der Waals surface area contributed by atoms with Crippen LogP contribution in [-0.2, 0) is 20.8 Å². The van der Waals surface area contributed by atoms with E-state index in [-0.39, 0.29) is 18.2 Å². The maximum absolute atomic E-state index is 12.8. The molecule has 0 saturated heterocycles. The molecular formula is C21H33N3O4. The molecule has 0 radical (unpaired) electrons. The zero-order chi connectivity index (χ0) is 21.3. The third-order valence-corrected chi connectivity index (χ3v) is 4.73. The summed E-state index contributed by atoms with van der Waals surface area (Å²) in [7, 11) is 1.52. The van der Waals surface area contributed by atoms with Gasteiger partial charge in [0, 0.05) is 19.4 Å². The van der Waals surface area contributed by atoms with E-state index >= 15 is 0 Å². The Morgan fingerprint density at radius 2 is 1.68 bits per heavy atom. The van der Waals surface area contributed by atoms with Crippen LogP contribution in [0.4, 0.5) is 0 Å². The van der Waals surface area contributed by atoms with Crippen molar-refractivity contribution in [3.63, 3.8) is 0 Å². The lowest BCUT2D eigenvalue weighted by molar-refractivity contribution is -0.137. The van der Waals surface area contributed by atoms with Gasteiger partial charge in [-0.05, 0) is 37.2 Å². The zero-order valence-electron chi connectivity index (χ0n) is 17.5. The van der Waals surface area contributed by atoms with Gasteiger partial charge in [-0.2, -0.15) is 0 Å². The van der Waals surface area contributed by atoms with Gasteiger partial charge < -0.3 is 10.6 Å². The standard InChI is InChI=1S/C21H33N3O4/c1-14-9-11-15(12-10-14)7-6-8-16(13-17(25)24-28)19(26)23-18(20(27)22-5)21(2,3)4/h9-12,16,18,28H,6-8,13H2,1-5H3,(H,22,27)(H,23,26)(H,24,25)/t16-,18-/m1/s1. The molecule has 1 aromatic carbocycles. The van der Waals surface area contributed by atoms with Crippen LogP contribution in [0.25, 0.3) is 0 Å². The fourth-order valence-electron chi connectivity index (χ4n) is 2.98. The van der Waals surface area contributed by atoms with Gasteiger partial charge in [0.05, 0.1) is 0 Å². The van der Waals surface area contributed by atoms with Crippen molar-refractivity contribution in [2.45, 2.75) is 59.4 Å². The van der Waals surface area contributed by atoms with Gasteiger partial charge in [0.2, 0.25) is 17.7 Å². The number of nitrogens with one attached hydrogen (secondary N) is 3. The first-order valence-corrected chi connectivity index (χ1v) is 9.59. The van der Waals surface area contributed by atoms with E-state index in [2.05, 4.69) is 10.6 Å². The Balaban J connectivity index is 2.80. The summed E-state index contributed by atoms with van der Waals surface area (Å²) in [6.07, 6.45) is 1.82. The van der Waals surface area contributed by atoms with Crippen molar-refractivity contribution in [2.24, 2.45) is 11.3 Å². The molecule has 0 aliphatic rings. The van der Waals surface area contributed by atoms with Crippen LogP contribution in [0.2, 0.25) is 0 Å².